The molecule has 1 fully saturated rings. The van der Waals surface area contributed by atoms with Gasteiger partial charge in [0.2, 0.25) is 0 Å². The molecular weight excluding hydrogens is 258 g/mol. The van der Waals surface area contributed by atoms with Gasteiger partial charge in [-0.25, -0.2) is 0 Å². The summed E-state index contributed by atoms with van der Waals surface area (Å²) in [5.74, 6) is 0.922. The van der Waals surface area contributed by atoms with Crippen LogP contribution in [0.3, 0.4) is 0 Å². The minimum absolute atomic E-state index is 0.0624. The van der Waals surface area contributed by atoms with E-state index in [1.807, 2.05) is 18.2 Å². The van der Waals surface area contributed by atoms with Gasteiger partial charge in [0.1, 0.15) is 12.4 Å². The minimum Gasteiger partial charge on any atom is -0.492 e. The Bertz CT molecular complexity index is 445. The fraction of sp³-hybridized carbons (Fsp3) is 0.600. The average molecular weight is 279 g/mol. The van der Waals surface area contributed by atoms with Gasteiger partial charge >= 0.3 is 0 Å². The van der Waals surface area contributed by atoms with Crippen LogP contribution in [0, 0.1) is 0 Å². The summed E-state index contributed by atoms with van der Waals surface area (Å²) >= 11 is 0. The van der Waals surface area contributed by atoms with Gasteiger partial charge in [-0.3, -0.25) is 4.90 Å². The van der Waals surface area contributed by atoms with E-state index in [-0.39, 0.29) is 12.7 Å². The molecule has 1 N–H and O–H groups in total. The van der Waals surface area contributed by atoms with Crippen molar-refractivity contribution in [1.82, 2.24) is 4.90 Å². The summed E-state index contributed by atoms with van der Waals surface area (Å²) in [5, 5.41) is 9.25. The molecule has 1 saturated heterocycles. The zero-order valence-electron chi connectivity index (χ0n) is 11.6. The lowest BCUT2D eigenvalue weighted by Crippen LogP contribution is -2.40. The van der Waals surface area contributed by atoms with Crippen LogP contribution in [0.25, 0.3) is 0 Å². The summed E-state index contributed by atoms with van der Waals surface area (Å²) < 4.78 is 16.9. The summed E-state index contributed by atoms with van der Waals surface area (Å²) in [4.78, 5) is 2.33. The molecule has 0 aliphatic carbocycles. The molecule has 0 saturated carbocycles. The first-order valence-electron chi connectivity index (χ1n) is 7.12. The van der Waals surface area contributed by atoms with E-state index in [0.29, 0.717) is 26.4 Å². The van der Waals surface area contributed by atoms with Crippen molar-refractivity contribution in [3.05, 3.63) is 29.3 Å². The Balaban J connectivity index is 1.68. The topological polar surface area (TPSA) is 51.2 Å². The Hall–Kier alpha value is -1.14. The Morgan fingerprint density at radius 2 is 2.20 bits per heavy atom. The Morgan fingerprint density at radius 1 is 1.25 bits per heavy atom. The van der Waals surface area contributed by atoms with E-state index >= 15 is 0 Å². The molecule has 1 atom stereocenters. The standard InChI is InChI=1S/C15H21NO4/c17-10-12-1-2-15-13(7-12)8-16(3-4-20-15)9-14-11-18-5-6-19-14/h1-2,7,14,17H,3-6,8-11H2/t14-/m1/s1. The number of rotatable bonds is 3. The molecule has 5 nitrogen and oxygen atoms in total. The summed E-state index contributed by atoms with van der Waals surface area (Å²) in [6.45, 7) is 5.34. The highest BCUT2D eigenvalue weighted by Gasteiger charge is 2.21. The smallest absolute Gasteiger partial charge is 0.123 e. The van der Waals surface area contributed by atoms with Crippen LogP contribution in [0.4, 0.5) is 0 Å². The number of ether oxygens (including phenoxy) is 3. The number of aliphatic hydroxyl groups is 1. The van der Waals surface area contributed by atoms with Crippen molar-refractivity contribution < 1.29 is 19.3 Å². The average Bonchev–Trinajstić information content (AvgIpc) is 2.69. The van der Waals surface area contributed by atoms with Crippen LogP contribution in [-0.4, -0.2) is 55.6 Å². The van der Waals surface area contributed by atoms with Crippen molar-refractivity contribution in [2.75, 3.05) is 39.5 Å². The van der Waals surface area contributed by atoms with Gasteiger partial charge in [0.15, 0.2) is 0 Å². The maximum Gasteiger partial charge on any atom is 0.123 e. The van der Waals surface area contributed by atoms with Crippen LogP contribution in [0.5, 0.6) is 5.75 Å². The third-order valence-corrected chi connectivity index (χ3v) is 3.71. The second kappa shape index (κ2) is 6.54. The van der Waals surface area contributed by atoms with E-state index in [4.69, 9.17) is 14.2 Å². The number of fused-ring (bicyclic) bond motifs is 1. The predicted octanol–water partition coefficient (Wildman–Crippen LogP) is 0.789. The van der Waals surface area contributed by atoms with Crippen molar-refractivity contribution >= 4 is 0 Å². The van der Waals surface area contributed by atoms with Crippen LogP contribution < -0.4 is 4.74 Å². The number of hydrogen-bond donors (Lipinski definition) is 1. The first-order valence-corrected chi connectivity index (χ1v) is 7.12. The molecule has 110 valence electrons. The molecule has 0 unspecified atom stereocenters. The van der Waals surface area contributed by atoms with E-state index in [0.717, 1.165) is 36.5 Å². The maximum atomic E-state index is 9.25. The summed E-state index contributed by atoms with van der Waals surface area (Å²) in [6, 6.07) is 5.88. The number of aliphatic hydroxyl groups excluding tert-OH is 1. The van der Waals surface area contributed by atoms with Crippen LogP contribution in [0.15, 0.2) is 18.2 Å². The lowest BCUT2D eigenvalue weighted by atomic mass is 10.1. The summed E-state index contributed by atoms with van der Waals surface area (Å²) in [7, 11) is 0. The number of benzene rings is 1. The van der Waals surface area contributed by atoms with Crippen molar-refractivity contribution in [3.63, 3.8) is 0 Å². The predicted molar refractivity (Wildman–Crippen MR) is 73.7 cm³/mol. The maximum absolute atomic E-state index is 9.25. The normalized spacial score (nSPS) is 23.8. The Labute approximate surface area is 119 Å². The molecule has 0 radical (unpaired) electrons. The van der Waals surface area contributed by atoms with E-state index in [9.17, 15) is 5.11 Å². The van der Waals surface area contributed by atoms with Gasteiger partial charge < -0.3 is 19.3 Å². The van der Waals surface area contributed by atoms with Gasteiger partial charge in [0, 0.05) is 25.2 Å². The van der Waals surface area contributed by atoms with Crippen molar-refractivity contribution in [1.29, 1.82) is 0 Å². The summed E-state index contributed by atoms with van der Waals surface area (Å²) in [5.41, 5.74) is 2.05. The molecule has 0 spiro atoms. The van der Waals surface area contributed by atoms with Crippen molar-refractivity contribution in [2.24, 2.45) is 0 Å². The van der Waals surface area contributed by atoms with Crippen LogP contribution in [-0.2, 0) is 22.6 Å². The highest BCUT2D eigenvalue weighted by Crippen LogP contribution is 2.24. The van der Waals surface area contributed by atoms with E-state index < -0.39 is 0 Å². The van der Waals surface area contributed by atoms with Gasteiger partial charge in [0.25, 0.3) is 0 Å². The third-order valence-electron chi connectivity index (χ3n) is 3.71. The highest BCUT2D eigenvalue weighted by molar-refractivity contribution is 5.37. The van der Waals surface area contributed by atoms with Crippen LogP contribution in [0.2, 0.25) is 0 Å². The molecule has 2 aliphatic heterocycles. The molecule has 1 aromatic rings. The first kappa shape index (κ1) is 13.8. The summed E-state index contributed by atoms with van der Waals surface area (Å²) in [6.07, 6.45) is 0.145. The van der Waals surface area contributed by atoms with E-state index in [1.54, 1.807) is 0 Å². The molecule has 2 aliphatic rings. The number of nitrogens with zero attached hydrogens (tertiary/aromatic N) is 1. The van der Waals surface area contributed by atoms with Crippen LogP contribution in [0.1, 0.15) is 11.1 Å². The zero-order valence-corrected chi connectivity index (χ0v) is 11.6. The number of hydrogen-bond acceptors (Lipinski definition) is 5. The van der Waals surface area contributed by atoms with Gasteiger partial charge in [-0.05, 0) is 17.7 Å². The highest BCUT2D eigenvalue weighted by atomic mass is 16.6. The first-order chi connectivity index (χ1) is 9.85. The van der Waals surface area contributed by atoms with Gasteiger partial charge in [-0.2, -0.15) is 0 Å². The van der Waals surface area contributed by atoms with E-state index in [2.05, 4.69) is 4.90 Å². The Morgan fingerprint density at radius 3 is 3.00 bits per heavy atom. The fourth-order valence-electron chi connectivity index (χ4n) is 2.69. The van der Waals surface area contributed by atoms with E-state index in [1.165, 1.54) is 0 Å². The van der Waals surface area contributed by atoms with Crippen molar-refractivity contribution in [2.45, 2.75) is 19.3 Å². The van der Waals surface area contributed by atoms with Gasteiger partial charge in [0.05, 0.1) is 32.5 Å². The lowest BCUT2D eigenvalue weighted by molar-refractivity contribution is -0.0982. The van der Waals surface area contributed by atoms with Gasteiger partial charge in [-0.15, -0.1) is 0 Å². The fourth-order valence-corrected chi connectivity index (χ4v) is 2.69. The third kappa shape index (κ3) is 3.30. The largest absolute Gasteiger partial charge is 0.492 e. The zero-order chi connectivity index (χ0) is 13.8. The molecule has 5 heteroatoms. The lowest BCUT2D eigenvalue weighted by Gasteiger charge is -2.28. The Kier molecular flexibility index (Phi) is 4.52. The molecule has 0 amide bonds. The molecular formula is C15H21NO4. The molecule has 1 aromatic carbocycles. The second-order valence-corrected chi connectivity index (χ2v) is 5.25. The van der Waals surface area contributed by atoms with Crippen LogP contribution >= 0.6 is 0 Å². The molecule has 2 heterocycles. The molecule has 20 heavy (non-hydrogen) atoms. The second-order valence-electron chi connectivity index (χ2n) is 5.25. The van der Waals surface area contributed by atoms with Gasteiger partial charge in [-0.1, -0.05) is 6.07 Å². The molecule has 0 aromatic heterocycles. The minimum atomic E-state index is 0.0624. The molecule has 3 rings (SSSR count). The monoisotopic (exact) mass is 279 g/mol. The SMILES string of the molecule is OCc1ccc2c(c1)CN(C[C@@H]1COCCO1)CCO2. The quantitative estimate of drug-likeness (QED) is 0.886. The van der Waals surface area contributed by atoms with Crippen molar-refractivity contribution in [3.8, 4) is 5.75 Å². The molecule has 0 bridgehead atoms.